The highest BCUT2D eigenvalue weighted by molar-refractivity contribution is 9.10. The standard InChI is InChI=1S/C28H31BrN10OS/c1-17-35-36-25(41-17)21-6-5-20(14-18(21)4-3-9-30)39-24-22(23(29)37-39)16-32-27(34-24)33-19-7-8-28(2,15-19)26(40)38-12-10-31-11-13-38/h5-6,14,16,19,31H,3-4,7-8,10-13,15H2,1-2H3,(H,32,33,34)/t19-,28-/m1/s1. The van der Waals surface area contributed by atoms with Crippen LogP contribution in [0.3, 0.4) is 0 Å². The third-order valence-electron chi connectivity index (χ3n) is 7.97. The van der Waals surface area contributed by atoms with Crippen molar-refractivity contribution in [1.82, 2.24) is 40.2 Å². The Labute approximate surface area is 250 Å². The summed E-state index contributed by atoms with van der Waals surface area (Å²) in [6.45, 7) is 7.26. The summed E-state index contributed by atoms with van der Waals surface area (Å²) >= 11 is 5.10. The summed E-state index contributed by atoms with van der Waals surface area (Å²) in [5.41, 5.74) is 3.10. The Morgan fingerprint density at radius 3 is 2.90 bits per heavy atom. The normalized spacial score (nSPS) is 20.8. The summed E-state index contributed by atoms with van der Waals surface area (Å²) < 4.78 is 2.45. The lowest BCUT2D eigenvalue weighted by molar-refractivity contribution is -0.141. The van der Waals surface area contributed by atoms with Gasteiger partial charge in [-0.3, -0.25) is 4.79 Å². The van der Waals surface area contributed by atoms with Crippen molar-refractivity contribution in [2.45, 2.75) is 52.0 Å². The molecule has 4 heterocycles. The van der Waals surface area contributed by atoms with Gasteiger partial charge in [-0.15, -0.1) is 10.2 Å². The van der Waals surface area contributed by atoms with Crippen LogP contribution in [0.4, 0.5) is 5.95 Å². The summed E-state index contributed by atoms with van der Waals surface area (Å²) in [5, 5.41) is 31.8. The summed E-state index contributed by atoms with van der Waals surface area (Å²) in [7, 11) is 0. The molecular weight excluding hydrogens is 604 g/mol. The lowest BCUT2D eigenvalue weighted by atomic mass is 9.86. The van der Waals surface area contributed by atoms with Gasteiger partial charge in [0.2, 0.25) is 11.9 Å². The van der Waals surface area contributed by atoms with E-state index >= 15 is 0 Å². The number of rotatable bonds is 7. The van der Waals surface area contributed by atoms with E-state index in [0.29, 0.717) is 29.0 Å². The average Bonchev–Trinajstić information content (AvgIpc) is 3.69. The van der Waals surface area contributed by atoms with Crippen LogP contribution in [0.5, 0.6) is 0 Å². The molecule has 1 saturated heterocycles. The van der Waals surface area contributed by atoms with Crippen molar-refractivity contribution in [3.63, 3.8) is 0 Å². The van der Waals surface area contributed by atoms with Crippen molar-refractivity contribution in [3.05, 3.63) is 39.6 Å². The number of aromatic nitrogens is 6. The van der Waals surface area contributed by atoms with Crippen LogP contribution in [0, 0.1) is 23.7 Å². The first kappa shape index (κ1) is 27.7. The number of amides is 1. The number of fused-ring (bicyclic) bond motifs is 1. The quantitative estimate of drug-likeness (QED) is 0.305. The number of nitrogens with one attached hydrogen (secondary N) is 2. The van der Waals surface area contributed by atoms with E-state index in [4.69, 9.17) is 10.1 Å². The first-order valence-corrected chi connectivity index (χ1v) is 15.4. The molecule has 212 valence electrons. The van der Waals surface area contributed by atoms with Crippen molar-refractivity contribution in [2.24, 2.45) is 5.41 Å². The van der Waals surface area contributed by atoms with Gasteiger partial charge < -0.3 is 15.5 Å². The third kappa shape index (κ3) is 5.56. The lowest BCUT2D eigenvalue weighted by Gasteiger charge is -2.34. The molecule has 1 aliphatic carbocycles. The van der Waals surface area contributed by atoms with Crippen LogP contribution in [-0.2, 0) is 11.2 Å². The van der Waals surface area contributed by atoms with Crippen LogP contribution < -0.4 is 10.6 Å². The maximum Gasteiger partial charge on any atom is 0.228 e. The molecule has 1 amide bonds. The van der Waals surface area contributed by atoms with Gasteiger partial charge in [0.25, 0.3) is 0 Å². The number of nitriles is 1. The Hall–Kier alpha value is -3.47. The molecule has 41 heavy (non-hydrogen) atoms. The summed E-state index contributed by atoms with van der Waals surface area (Å²) in [5.74, 6) is 0.765. The van der Waals surface area contributed by atoms with Crippen LogP contribution >= 0.6 is 27.3 Å². The monoisotopic (exact) mass is 634 g/mol. The van der Waals surface area contributed by atoms with E-state index in [0.717, 1.165) is 77.7 Å². The number of nitrogens with zero attached hydrogens (tertiary/aromatic N) is 8. The van der Waals surface area contributed by atoms with Crippen molar-refractivity contribution >= 4 is 50.2 Å². The molecular formula is C28H31BrN10OS. The van der Waals surface area contributed by atoms with E-state index in [9.17, 15) is 10.1 Å². The van der Waals surface area contributed by atoms with Gasteiger partial charge in [-0.2, -0.15) is 15.3 Å². The highest BCUT2D eigenvalue weighted by atomic mass is 79.9. The molecule has 11 nitrogen and oxygen atoms in total. The van der Waals surface area contributed by atoms with E-state index in [1.54, 1.807) is 10.9 Å². The molecule has 2 N–H and O–H groups in total. The molecule has 4 aromatic rings. The summed E-state index contributed by atoms with van der Waals surface area (Å²) in [4.78, 5) is 24.7. The molecule has 1 aliphatic heterocycles. The van der Waals surface area contributed by atoms with Crippen LogP contribution in [0.25, 0.3) is 27.3 Å². The zero-order valence-electron chi connectivity index (χ0n) is 23.0. The van der Waals surface area contributed by atoms with Gasteiger partial charge in [0, 0.05) is 55.8 Å². The van der Waals surface area contributed by atoms with Gasteiger partial charge in [-0.1, -0.05) is 18.3 Å². The maximum absolute atomic E-state index is 13.3. The summed E-state index contributed by atoms with van der Waals surface area (Å²) in [6.07, 6.45) is 5.22. The fourth-order valence-electron chi connectivity index (χ4n) is 5.83. The number of carbonyl (C=O) groups is 1. The molecule has 3 aromatic heterocycles. The highest BCUT2D eigenvalue weighted by Crippen LogP contribution is 2.41. The molecule has 0 bridgehead atoms. The maximum atomic E-state index is 13.3. The van der Waals surface area contributed by atoms with Gasteiger partial charge in [0.05, 0.1) is 17.1 Å². The SMILES string of the molecule is Cc1nnc(-c2ccc(-n3nc(Br)c4cnc(N[C@@H]5CC[C@@](C)(C(=O)N6CCNCC6)C5)nc43)cc2CCC#N)s1. The van der Waals surface area contributed by atoms with E-state index in [2.05, 4.69) is 54.7 Å². The van der Waals surface area contributed by atoms with Gasteiger partial charge >= 0.3 is 0 Å². The van der Waals surface area contributed by atoms with Crippen molar-refractivity contribution in [2.75, 3.05) is 31.5 Å². The number of aryl methyl sites for hydroxylation is 2. The molecule has 1 aromatic carbocycles. The first-order chi connectivity index (χ1) is 19.8. The topological polar surface area (TPSA) is 138 Å². The van der Waals surface area contributed by atoms with Gasteiger partial charge in [0.1, 0.15) is 14.6 Å². The fourth-order valence-corrected chi connectivity index (χ4v) is 7.02. The first-order valence-electron chi connectivity index (χ1n) is 13.8. The molecule has 2 aliphatic rings. The number of hydrogen-bond donors (Lipinski definition) is 2. The predicted molar refractivity (Wildman–Crippen MR) is 161 cm³/mol. The fraction of sp³-hybridized carbons (Fsp3) is 0.464. The molecule has 2 atom stereocenters. The second kappa shape index (κ2) is 11.4. The smallest absolute Gasteiger partial charge is 0.228 e. The van der Waals surface area contributed by atoms with E-state index in [1.807, 2.05) is 30.0 Å². The Balaban J connectivity index is 1.26. The largest absolute Gasteiger partial charge is 0.351 e. The van der Waals surface area contributed by atoms with E-state index in [1.165, 1.54) is 11.3 Å². The van der Waals surface area contributed by atoms with Crippen LogP contribution in [-0.4, -0.2) is 73.0 Å². The number of anilines is 1. The van der Waals surface area contributed by atoms with E-state index < -0.39 is 0 Å². The van der Waals surface area contributed by atoms with Crippen molar-refractivity contribution in [1.29, 1.82) is 5.26 Å². The second-order valence-electron chi connectivity index (χ2n) is 10.9. The van der Waals surface area contributed by atoms with Crippen LogP contribution in [0.2, 0.25) is 0 Å². The predicted octanol–water partition coefficient (Wildman–Crippen LogP) is 4.26. The molecule has 6 rings (SSSR count). The zero-order chi connectivity index (χ0) is 28.6. The zero-order valence-corrected chi connectivity index (χ0v) is 25.4. The minimum atomic E-state index is -0.378. The third-order valence-corrected chi connectivity index (χ3v) is 9.43. The van der Waals surface area contributed by atoms with Gasteiger partial charge in [0.15, 0.2) is 5.65 Å². The molecule has 0 spiro atoms. The van der Waals surface area contributed by atoms with Crippen molar-refractivity contribution < 1.29 is 4.79 Å². The van der Waals surface area contributed by atoms with Gasteiger partial charge in [-0.25, -0.2) is 9.67 Å². The Morgan fingerprint density at radius 2 is 2.15 bits per heavy atom. The molecule has 0 unspecified atom stereocenters. The minimum absolute atomic E-state index is 0.108. The highest BCUT2D eigenvalue weighted by Gasteiger charge is 2.43. The Morgan fingerprint density at radius 1 is 1.32 bits per heavy atom. The number of hydrogen-bond acceptors (Lipinski definition) is 10. The second-order valence-corrected chi connectivity index (χ2v) is 12.9. The number of piperazine rings is 1. The number of halogens is 1. The summed E-state index contributed by atoms with van der Waals surface area (Å²) in [6, 6.07) is 8.40. The number of benzene rings is 1. The lowest BCUT2D eigenvalue weighted by Crippen LogP contribution is -2.50. The molecule has 1 saturated carbocycles. The van der Waals surface area contributed by atoms with Crippen molar-refractivity contribution in [3.8, 4) is 22.3 Å². The average molecular weight is 636 g/mol. The minimum Gasteiger partial charge on any atom is -0.351 e. The number of carbonyl (C=O) groups excluding carboxylic acids is 1. The van der Waals surface area contributed by atoms with Crippen LogP contribution in [0.1, 0.15) is 43.2 Å². The Kier molecular flexibility index (Phi) is 7.72. The van der Waals surface area contributed by atoms with Crippen LogP contribution in [0.15, 0.2) is 29.0 Å². The molecule has 0 radical (unpaired) electrons. The molecule has 13 heteroatoms. The van der Waals surface area contributed by atoms with Gasteiger partial charge in [-0.05, 0) is 72.3 Å². The molecule has 2 fully saturated rings. The Bertz CT molecular complexity index is 1640. The van der Waals surface area contributed by atoms with E-state index in [-0.39, 0.29) is 17.4 Å².